The lowest BCUT2D eigenvalue weighted by atomic mass is 9.92. The van der Waals surface area contributed by atoms with E-state index in [9.17, 15) is 4.39 Å². The SMILES string of the molecule is CC1(Nc2ncnc3cc(/C=C/CO)[nH]c23)C=C(Cl)C(OCc2cccc(F)c2)=CC1. The number of nitrogens with zero attached hydrogens (tertiary/aromatic N) is 2. The molecule has 160 valence electrons. The van der Waals surface area contributed by atoms with Gasteiger partial charge >= 0.3 is 0 Å². The van der Waals surface area contributed by atoms with Crippen molar-refractivity contribution in [3.63, 3.8) is 0 Å². The maximum Gasteiger partial charge on any atom is 0.154 e. The van der Waals surface area contributed by atoms with Crippen LogP contribution in [-0.2, 0) is 11.3 Å². The van der Waals surface area contributed by atoms with Gasteiger partial charge in [0, 0.05) is 5.69 Å². The van der Waals surface area contributed by atoms with Crippen LogP contribution in [0.5, 0.6) is 0 Å². The van der Waals surface area contributed by atoms with Crippen LogP contribution in [0.2, 0.25) is 0 Å². The molecule has 2 aromatic heterocycles. The van der Waals surface area contributed by atoms with Crippen molar-refractivity contribution in [2.45, 2.75) is 25.5 Å². The zero-order valence-corrected chi connectivity index (χ0v) is 17.7. The molecule has 0 radical (unpaired) electrons. The Bertz CT molecular complexity index is 1190. The first-order valence-corrected chi connectivity index (χ1v) is 10.2. The number of hydrogen-bond donors (Lipinski definition) is 3. The number of anilines is 1. The number of aromatic nitrogens is 3. The third-order valence-electron chi connectivity index (χ3n) is 4.92. The number of aliphatic hydroxyl groups is 1. The fourth-order valence-electron chi connectivity index (χ4n) is 3.41. The molecule has 0 amide bonds. The molecule has 3 N–H and O–H groups in total. The van der Waals surface area contributed by atoms with E-state index in [0.717, 1.165) is 22.3 Å². The third-order valence-corrected chi connectivity index (χ3v) is 5.22. The Balaban J connectivity index is 1.49. The van der Waals surface area contributed by atoms with Crippen LogP contribution in [-0.4, -0.2) is 32.2 Å². The van der Waals surface area contributed by atoms with Crippen LogP contribution >= 0.6 is 11.6 Å². The molecular formula is C23H22ClFN4O2. The van der Waals surface area contributed by atoms with Crippen LogP contribution in [0, 0.1) is 5.82 Å². The molecule has 1 aliphatic carbocycles. The fourth-order valence-corrected chi connectivity index (χ4v) is 3.78. The summed E-state index contributed by atoms with van der Waals surface area (Å²) >= 11 is 6.49. The van der Waals surface area contributed by atoms with Crippen molar-refractivity contribution in [3.05, 3.63) is 82.8 Å². The highest BCUT2D eigenvalue weighted by molar-refractivity contribution is 6.32. The molecule has 3 aromatic rings. The zero-order chi connectivity index (χ0) is 21.8. The topological polar surface area (TPSA) is 83.1 Å². The van der Waals surface area contributed by atoms with Crippen molar-refractivity contribution in [3.8, 4) is 0 Å². The van der Waals surface area contributed by atoms with E-state index in [1.54, 1.807) is 24.3 Å². The summed E-state index contributed by atoms with van der Waals surface area (Å²) < 4.78 is 19.1. The first kappa shape index (κ1) is 21.1. The first-order valence-electron chi connectivity index (χ1n) is 9.81. The molecule has 1 atom stereocenters. The number of nitrogens with one attached hydrogen (secondary N) is 2. The lowest BCUT2D eigenvalue weighted by Crippen LogP contribution is -2.34. The van der Waals surface area contributed by atoms with Crippen molar-refractivity contribution < 1.29 is 14.2 Å². The number of H-pyrrole nitrogens is 1. The highest BCUT2D eigenvalue weighted by atomic mass is 35.5. The zero-order valence-electron chi connectivity index (χ0n) is 16.9. The van der Waals surface area contributed by atoms with E-state index in [2.05, 4.69) is 20.3 Å². The van der Waals surface area contributed by atoms with Crippen LogP contribution in [0.15, 0.2) is 65.7 Å². The van der Waals surface area contributed by atoms with Crippen molar-refractivity contribution in [1.29, 1.82) is 0 Å². The van der Waals surface area contributed by atoms with Gasteiger partial charge in [-0.05, 0) is 55.3 Å². The van der Waals surface area contributed by atoms with Gasteiger partial charge in [0.05, 0.1) is 22.7 Å². The monoisotopic (exact) mass is 440 g/mol. The number of rotatable bonds is 7. The molecule has 0 saturated heterocycles. The normalized spacial score (nSPS) is 18.8. The van der Waals surface area contributed by atoms with Gasteiger partial charge in [-0.15, -0.1) is 0 Å². The van der Waals surface area contributed by atoms with E-state index < -0.39 is 5.54 Å². The average molecular weight is 441 g/mol. The molecule has 31 heavy (non-hydrogen) atoms. The summed E-state index contributed by atoms with van der Waals surface area (Å²) in [5.41, 5.74) is 2.60. The van der Waals surface area contributed by atoms with E-state index in [1.165, 1.54) is 18.5 Å². The number of ether oxygens (including phenoxy) is 1. The van der Waals surface area contributed by atoms with Gasteiger partial charge in [-0.3, -0.25) is 0 Å². The van der Waals surface area contributed by atoms with Crippen LogP contribution in [0.4, 0.5) is 10.2 Å². The predicted octanol–water partition coefficient (Wildman–Crippen LogP) is 4.90. The molecule has 0 bridgehead atoms. The number of hydrogen-bond acceptors (Lipinski definition) is 5. The summed E-state index contributed by atoms with van der Waals surface area (Å²) in [6, 6.07) is 8.17. The van der Waals surface area contributed by atoms with Gasteiger partial charge in [0.15, 0.2) is 5.82 Å². The summed E-state index contributed by atoms with van der Waals surface area (Å²) in [4.78, 5) is 11.9. The summed E-state index contributed by atoms with van der Waals surface area (Å²) in [5.74, 6) is 0.913. The summed E-state index contributed by atoms with van der Waals surface area (Å²) in [6.07, 6.45) is 9.35. The molecule has 1 unspecified atom stereocenters. The predicted molar refractivity (Wildman–Crippen MR) is 120 cm³/mol. The maximum atomic E-state index is 13.3. The lowest BCUT2D eigenvalue weighted by Gasteiger charge is -2.31. The molecule has 0 spiro atoms. The summed E-state index contributed by atoms with van der Waals surface area (Å²) in [5, 5.41) is 12.9. The number of halogens is 2. The molecule has 0 saturated carbocycles. The number of aromatic amines is 1. The molecule has 6 nitrogen and oxygen atoms in total. The fraction of sp³-hybridized carbons (Fsp3) is 0.217. The van der Waals surface area contributed by atoms with Gasteiger partial charge < -0.3 is 20.1 Å². The Labute approximate surface area is 184 Å². The van der Waals surface area contributed by atoms with Gasteiger partial charge in [0.1, 0.15) is 30.0 Å². The van der Waals surface area contributed by atoms with Gasteiger partial charge in [-0.1, -0.05) is 29.8 Å². The van der Waals surface area contributed by atoms with E-state index >= 15 is 0 Å². The second kappa shape index (κ2) is 8.91. The Morgan fingerprint density at radius 1 is 1.35 bits per heavy atom. The lowest BCUT2D eigenvalue weighted by molar-refractivity contribution is 0.205. The molecular weight excluding hydrogens is 419 g/mol. The van der Waals surface area contributed by atoms with Crippen molar-refractivity contribution >= 4 is 34.5 Å². The smallest absolute Gasteiger partial charge is 0.154 e. The molecule has 8 heteroatoms. The van der Waals surface area contributed by atoms with Gasteiger partial charge in [0.2, 0.25) is 0 Å². The second-order valence-electron chi connectivity index (χ2n) is 7.52. The van der Waals surface area contributed by atoms with Crippen molar-refractivity contribution in [2.75, 3.05) is 11.9 Å². The quantitative estimate of drug-likeness (QED) is 0.486. The molecule has 1 aromatic carbocycles. The Hall–Kier alpha value is -3.16. The minimum Gasteiger partial charge on any atom is -0.488 e. The van der Waals surface area contributed by atoms with Crippen LogP contribution in [0.25, 0.3) is 17.1 Å². The molecule has 0 aliphatic heterocycles. The van der Waals surface area contributed by atoms with E-state index in [-0.39, 0.29) is 19.0 Å². The van der Waals surface area contributed by atoms with Crippen LogP contribution in [0.3, 0.4) is 0 Å². The van der Waals surface area contributed by atoms with E-state index in [1.807, 2.05) is 25.1 Å². The third kappa shape index (κ3) is 4.95. The number of allylic oxidation sites excluding steroid dienone is 1. The molecule has 1 aliphatic rings. The van der Waals surface area contributed by atoms with E-state index in [0.29, 0.717) is 23.0 Å². The summed E-state index contributed by atoms with van der Waals surface area (Å²) in [7, 11) is 0. The largest absolute Gasteiger partial charge is 0.488 e. The number of fused-ring (bicyclic) bond motifs is 1. The van der Waals surface area contributed by atoms with Crippen molar-refractivity contribution in [1.82, 2.24) is 15.0 Å². The Kier molecular flexibility index (Phi) is 6.06. The van der Waals surface area contributed by atoms with Crippen LogP contribution in [0.1, 0.15) is 24.6 Å². The number of benzene rings is 1. The van der Waals surface area contributed by atoms with Gasteiger partial charge in [0.25, 0.3) is 0 Å². The average Bonchev–Trinajstić information content (AvgIpc) is 3.16. The highest BCUT2D eigenvalue weighted by Gasteiger charge is 2.28. The second-order valence-corrected chi connectivity index (χ2v) is 7.93. The highest BCUT2D eigenvalue weighted by Crippen LogP contribution is 2.33. The minimum atomic E-state index is -0.490. The Morgan fingerprint density at radius 3 is 3.00 bits per heavy atom. The van der Waals surface area contributed by atoms with E-state index in [4.69, 9.17) is 21.4 Å². The molecule has 4 rings (SSSR count). The van der Waals surface area contributed by atoms with Gasteiger partial charge in [-0.25, -0.2) is 14.4 Å². The molecule has 0 fully saturated rings. The standard InChI is InChI=1S/C23H22ClFN4O2/c1-23(29-22-21-19(26-14-27-22)11-17(28-21)6-3-9-30)8-7-20(18(24)12-23)31-13-15-4-2-5-16(25)10-15/h2-7,10-12,14,28,30H,8-9,13H2,1H3,(H,26,27,29)/b6-3+. The maximum absolute atomic E-state index is 13.3. The van der Waals surface area contributed by atoms with Crippen LogP contribution < -0.4 is 5.32 Å². The van der Waals surface area contributed by atoms with Gasteiger partial charge in [-0.2, -0.15) is 0 Å². The Morgan fingerprint density at radius 2 is 2.23 bits per heavy atom. The molecule has 2 heterocycles. The summed E-state index contributed by atoms with van der Waals surface area (Å²) in [6.45, 7) is 2.21. The number of aliphatic hydroxyl groups excluding tert-OH is 1. The minimum absolute atomic E-state index is 0.0382. The first-order chi connectivity index (χ1) is 15.0. The van der Waals surface area contributed by atoms with Crippen molar-refractivity contribution in [2.24, 2.45) is 0 Å².